The summed E-state index contributed by atoms with van der Waals surface area (Å²) in [4.78, 5) is 4.63. The molecule has 1 N–H and O–H groups in total. The third kappa shape index (κ3) is 6.36. The molecule has 4 heteroatoms. The molecule has 1 atom stereocenters. The summed E-state index contributed by atoms with van der Waals surface area (Å²) < 4.78 is 5.22. The smallest absolute Gasteiger partial charge is 0.0900 e. The number of likely N-dealkylation sites (tertiary alicyclic amines) is 1. The van der Waals surface area contributed by atoms with Crippen LogP contribution in [0.15, 0.2) is 0 Å². The van der Waals surface area contributed by atoms with Gasteiger partial charge in [0.2, 0.25) is 0 Å². The van der Waals surface area contributed by atoms with Crippen molar-refractivity contribution in [1.82, 2.24) is 9.80 Å². The standard InChI is InChI=1S/C13H28N2O2/c1-4-17-11-13(16)10-15(3)9-12-5-7-14(2)8-6-12/h12-13,16H,4-11H2,1-3H3. The lowest BCUT2D eigenvalue weighted by molar-refractivity contribution is 0.0216. The zero-order valence-corrected chi connectivity index (χ0v) is 11.6. The van der Waals surface area contributed by atoms with Crippen molar-refractivity contribution in [3.05, 3.63) is 0 Å². The summed E-state index contributed by atoms with van der Waals surface area (Å²) >= 11 is 0. The van der Waals surface area contributed by atoms with Crippen LogP contribution in [0, 0.1) is 5.92 Å². The molecule has 0 amide bonds. The molecule has 17 heavy (non-hydrogen) atoms. The Balaban J connectivity index is 2.13. The lowest BCUT2D eigenvalue weighted by atomic mass is 9.96. The van der Waals surface area contributed by atoms with Gasteiger partial charge in [-0.1, -0.05) is 0 Å². The van der Waals surface area contributed by atoms with E-state index in [0.29, 0.717) is 19.8 Å². The first-order chi connectivity index (χ1) is 8.11. The Morgan fingerprint density at radius 2 is 2.06 bits per heavy atom. The maximum Gasteiger partial charge on any atom is 0.0900 e. The minimum absolute atomic E-state index is 0.355. The van der Waals surface area contributed by atoms with Crippen LogP contribution in [0.3, 0.4) is 0 Å². The fourth-order valence-corrected chi connectivity index (χ4v) is 2.43. The molecule has 1 aliphatic heterocycles. The van der Waals surface area contributed by atoms with E-state index >= 15 is 0 Å². The highest BCUT2D eigenvalue weighted by Crippen LogP contribution is 2.16. The monoisotopic (exact) mass is 244 g/mol. The van der Waals surface area contributed by atoms with Gasteiger partial charge in [-0.2, -0.15) is 0 Å². The van der Waals surface area contributed by atoms with Gasteiger partial charge in [-0.3, -0.25) is 0 Å². The highest BCUT2D eigenvalue weighted by molar-refractivity contribution is 4.73. The van der Waals surface area contributed by atoms with E-state index in [1.165, 1.54) is 25.9 Å². The fraction of sp³-hybridized carbons (Fsp3) is 1.00. The average molecular weight is 244 g/mol. The van der Waals surface area contributed by atoms with Gasteiger partial charge in [-0.25, -0.2) is 0 Å². The van der Waals surface area contributed by atoms with Crippen molar-refractivity contribution in [2.24, 2.45) is 5.92 Å². The van der Waals surface area contributed by atoms with E-state index < -0.39 is 0 Å². The number of ether oxygens (including phenoxy) is 1. The quantitative estimate of drug-likeness (QED) is 0.713. The highest BCUT2D eigenvalue weighted by Gasteiger charge is 2.19. The summed E-state index contributed by atoms with van der Waals surface area (Å²) in [5.74, 6) is 0.787. The van der Waals surface area contributed by atoms with E-state index in [2.05, 4.69) is 23.9 Å². The van der Waals surface area contributed by atoms with Crippen molar-refractivity contribution in [3.63, 3.8) is 0 Å². The zero-order valence-electron chi connectivity index (χ0n) is 11.6. The molecule has 1 fully saturated rings. The van der Waals surface area contributed by atoms with Gasteiger partial charge in [0.05, 0.1) is 12.7 Å². The van der Waals surface area contributed by atoms with Crippen LogP contribution >= 0.6 is 0 Å². The molecule has 0 spiro atoms. The first-order valence-corrected chi connectivity index (χ1v) is 6.74. The Labute approximate surface area is 106 Å². The number of aliphatic hydroxyl groups excluding tert-OH is 1. The largest absolute Gasteiger partial charge is 0.389 e. The molecule has 0 aliphatic carbocycles. The van der Waals surface area contributed by atoms with Crippen molar-refractivity contribution < 1.29 is 9.84 Å². The highest BCUT2D eigenvalue weighted by atomic mass is 16.5. The van der Waals surface area contributed by atoms with Crippen LogP contribution in [0.5, 0.6) is 0 Å². The van der Waals surface area contributed by atoms with Gasteiger partial charge in [0, 0.05) is 19.7 Å². The van der Waals surface area contributed by atoms with Gasteiger partial charge < -0.3 is 19.6 Å². The van der Waals surface area contributed by atoms with E-state index in [0.717, 1.165) is 12.5 Å². The molecule has 1 saturated heterocycles. The number of rotatable bonds is 7. The zero-order chi connectivity index (χ0) is 12.7. The minimum Gasteiger partial charge on any atom is -0.389 e. The van der Waals surface area contributed by atoms with E-state index in [1.807, 2.05) is 6.92 Å². The molecule has 0 aromatic heterocycles. The Hall–Kier alpha value is -0.160. The predicted molar refractivity (Wildman–Crippen MR) is 70.2 cm³/mol. The molecule has 0 aromatic carbocycles. The Morgan fingerprint density at radius 3 is 2.65 bits per heavy atom. The lowest BCUT2D eigenvalue weighted by Crippen LogP contribution is -2.39. The average Bonchev–Trinajstić information content (AvgIpc) is 2.29. The minimum atomic E-state index is -0.355. The van der Waals surface area contributed by atoms with E-state index in [4.69, 9.17) is 4.74 Å². The van der Waals surface area contributed by atoms with Crippen molar-refractivity contribution in [2.75, 3.05) is 53.5 Å². The molecule has 1 heterocycles. The van der Waals surface area contributed by atoms with Gasteiger partial charge in [0.25, 0.3) is 0 Å². The van der Waals surface area contributed by atoms with Crippen molar-refractivity contribution >= 4 is 0 Å². The number of likely N-dealkylation sites (N-methyl/N-ethyl adjacent to an activating group) is 1. The molecule has 0 aromatic rings. The summed E-state index contributed by atoms with van der Waals surface area (Å²) in [5.41, 5.74) is 0. The van der Waals surface area contributed by atoms with Gasteiger partial charge in [0.1, 0.15) is 0 Å². The van der Waals surface area contributed by atoms with Crippen LogP contribution in [0.25, 0.3) is 0 Å². The second-order valence-electron chi connectivity index (χ2n) is 5.28. The summed E-state index contributed by atoms with van der Waals surface area (Å²) in [7, 11) is 4.28. The van der Waals surface area contributed by atoms with Gasteiger partial charge >= 0.3 is 0 Å². The fourth-order valence-electron chi connectivity index (χ4n) is 2.43. The van der Waals surface area contributed by atoms with Crippen LogP contribution in [-0.2, 0) is 4.74 Å². The van der Waals surface area contributed by atoms with Crippen LogP contribution < -0.4 is 0 Å². The Bertz CT molecular complexity index is 194. The Kier molecular flexibility index (Phi) is 7.04. The number of piperidine rings is 1. The van der Waals surface area contributed by atoms with Gasteiger partial charge in [-0.15, -0.1) is 0 Å². The van der Waals surface area contributed by atoms with E-state index in [-0.39, 0.29) is 6.10 Å². The number of hydrogen-bond acceptors (Lipinski definition) is 4. The molecule has 1 rings (SSSR count). The third-order valence-corrected chi connectivity index (χ3v) is 3.44. The molecule has 102 valence electrons. The second-order valence-corrected chi connectivity index (χ2v) is 5.28. The molecule has 0 bridgehead atoms. The number of aliphatic hydroxyl groups is 1. The predicted octanol–water partition coefficient (Wildman–Crippen LogP) is 0.657. The summed E-state index contributed by atoms with van der Waals surface area (Å²) in [5, 5.41) is 9.75. The molecule has 4 nitrogen and oxygen atoms in total. The lowest BCUT2D eigenvalue weighted by Gasteiger charge is -2.32. The van der Waals surface area contributed by atoms with Crippen LogP contribution in [0.1, 0.15) is 19.8 Å². The van der Waals surface area contributed by atoms with Crippen molar-refractivity contribution in [1.29, 1.82) is 0 Å². The van der Waals surface area contributed by atoms with Crippen LogP contribution in [0.2, 0.25) is 0 Å². The van der Waals surface area contributed by atoms with Gasteiger partial charge in [0.15, 0.2) is 0 Å². The van der Waals surface area contributed by atoms with E-state index in [1.54, 1.807) is 0 Å². The molecular weight excluding hydrogens is 216 g/mol. The first-order valence-electron chi connectivity index (χ1n) is 6.74. The normalized spacial score (nSPS) is 21.0. The molecule has 1 aliphatic rings. The summed E-state index contributed by atoms with van der Waals surface area (Å²) in [6.45, 7) is 7.31. The summed E-state index contributed by atoms with van der Waals surface area (Å²) in [6.07, 6.45) is 2.20. The first kappa shape index (κ1) is 14.9. The Morgan fingerprint density at radius 1 is 1.41 bits per heavy atom. The molecule has 1 unspecified atom stereocenters. The number of nitrogens with zero attached hydrogens (tertiary/aromatic N) is 2. The molecule has 0 saturated carbocycles. The summed E-state index contributed by atoms with van der Waals surface area (Å²) in [6, 6.07) is 0. The van der Waals surface area contributed by atoms with Crippen LogP contribution in [-0.4, -0.2) is 74.5 Å². The van der Waals surface area contributed by atoms with Crippen LogP contribution in [0.4, 0.5) is 0 Å². The second kappa shape index (κ2) is 8.03. The van der Waals surface area contributed by atoms with E-state index in [9.17, 15) is 5.11 Å². The third-order valence-electron chi connectivity index (χ3n) is 3.44. The number of hydrogen-bond donors (Lipinski definition) is 1. The van der Waals surface area contributed by atoms with Crippen molar-refractivity contribution in [2.45, 2.75) is 25.9 Å². The maximum absolute atomic E-state index is 9.75. The topological polar surface area (TPSA) is 35.9 Å². The maximum atomic E-state index is 9.75. The SMILES string of the molecule is CCOCC(O)CN(C)CC1CCN(C)CC1. The molecular formula is C13H28N2O2. The molecule has 0 radical (unpaired) electrons. The van der Waals surface area contributed by atoms with Gasteiger partial charge in [-0.05, 0) is 52.9 Å². The van der Waals surface area contributed by atoms with Crippen molar-refractivity contribution in [3.8, 4) is 0 Å².